The van der Waals surface area contributed by atoms with Crippen molar-refractivity contribution in [3.63, 3.8) is 0 Å². The van der Waals surface area contributed by atoms with E-state index >= 15 is 0 Å². The minimum atomic E-state index is -0.823. The Morgan fingerprint density at radius 2 is 0.880 bits per heavy atom. The normalized spacial score (nSPS) is 27.5. The van der Waals surface area contributed by atoms with Gasteiger partial charge in [-0.1, -0.05) is 91.0 Å². The second-order valence-corrected chi connectivity index (χ2v) is 22.7. The number of carbonyl (C=O) groups is 7. The lowest BCUT2D eigenvalue weighted by atomic mass is 9.97. The first kappa shape index (κ1) is 54.4. The van der Waals surface area contributed by atoms with Crippen LogP contribution in [0, 0.1) is 17.8 Å². The van der Waals surface area contributed by atoms with E-state index in [2.05, 4.69) is 29.2 Å². The van der Waals surface area contributed by atoms with E-state index in [1.54, 1.807) is 45.7 Å². The van der Waals surface area contributed by atoms with Gasteiger partial charge in [-0.2, -0.15) is 0 Å². The molecule has 17 nitrogen and oxygen atoms in total. The number of benzene rings is 4. The maximum atomic E-state index is 13.4. The lowest BCUT2D eigenvalue weighted by Gasteiger charge is -2.24. The Labute approximate surface area is 482 Å². The molecule has 9 atom stereocenters. The SMILES string of the molecule is CC(=O)N1C(=O)/C(=C/OC2OC(=O)C(C)=C2C)C2Cc3ccccc3C21.CC1=C(C)C(O/C=C2/C(=O)N(c3ccccc3)C3c4ccccc4CC23)OC1=O.CC1=C(C)C(O/C=C2/C(=O)N(c3nccs3)C3c4ccccc4CC23)OC1=O. The molecule has 14 rings (SSSR count). The lowest BCUT2D eigenvalue weighted by Crippen LogP contribution is -2.32. The van der Waals surface area contributed by atoms with Crippen molar-refractivity contribution in [3.8, 4) is 0 Å². The van der Waals surface area contributed by atoms with E-state index in [1.807, 2.05) is 96.1 Å². The first-order valence-corrected chi connectivity index (χ1v) is 28.3. The van der Waals surface area contributed by atoms with Crippen molar-refractivity contribution in [2.45, 2.75) is 105 Å². The fourth-order valence-corrected chi connectivity index (χ4v) is 13.3. The average Bonchev–Trinajstić information content (AvgIpc) is 4.52. The number of amides is 4. The highest BCUT2D eigenvalue weighted by Gasteiger charge is 2.54. The van der Waals surface area contributed by atoms with Crippen LogP contribution in [0.5, 0.6) is 0 Å². The summed E-state index contributed by atoms with van der Waals surface area (Å²) in [5, 5.41) is 2.55. The summed E-state index contributed by atoms with van der Waals surface area (Å²) >= 11 is 1.44. The fourth-order valence-electron chi connectivity index (χ4n) is 12.6. The van der Waals surface area contributed by atoms with Crippen molar-refractivity contribution in [2.75, 3.05) is 9.80 Å². The summed E-state index contributed by atoms with van der Waals surface area (Å²) in [6.07, 6.45) is 5.92. The van der Waals surface area contributed by atoms with E-state index in [0.29, 0.717) is 50.6 Å². The summed E-state index contributed by atoms with van der Waals surface area (Å²) in [6.45, 7) is 11.9. The molecule has 0 saturated carbocycles. The fraction of sp³-hybridized carbons (Fsp3) is 0.292. The molecule has 3 fully saturated rings. The van der Waals surface area contributed by atoms with Crippen molar-refractivity contribution in [1.82, 2.24) is 9.88 Å². The van der Waals surface area contributed by atoms with Gasteiger partial charge >= 0.3 is 17.9 Å². The molecule has 9 unspecified atom stereocenters. The number of rotatable bonds is 8. The number of ether oxygens (including phenoxy) is 6. The highest BCUT2D eigenvalue weighted by molar-refractivity contribution is 7.13. The largest absolute Gasteiger partial charge is 0.458 e. The Balaban J connectivity index is 0.000000123. The number of imide groups is 1. The van der Waals surface area contributed by atoms with Crippen molar-refractivity contribution in [1.29, 1.82) is 0 Å². The van der Waals surface area contributed by atoms with Crippen LogP contribution in [0.4, 0.5) is 10.8 Å². The number of carbonyl (C=O) groups excluding carboxylic acids is 7. The highest BCUT2D eigenvalue weighted by atomic mass is 32.1. The van der Waals surface area contributed by atoms with Crippen LogP contribution in [-0.4, -0.2) is 70.3 Å². The van der Waals surface area contributed by atoms with E-state index in [9.17, 15) is 33.6 Å². The first-order chi connectivity index (χ1) is 40.0. The molecule has 422 valence electrons. The van der Waals surface area contributed by atoms with Crippen molar-refractivity contribution < 1.29 is 62.0 Å². The van der Waals surface area contributed by atoms with Crippen molar-refractivity contribution >= 4 is 63.7 Å². The first-order valence-electron chi connectivity index (χ1n) is 27.4. The number of likely N-dealkylation sites (tertiary alicyclic amines) is 1. The molecule has 5 aromatic rings. The van der Waals surface area contributed by atoms with Crippen LogP contribution < -0.4 is 9.80 Å². The Morgan fingerprint density at radius 1 is 0.506 bits per heavy atom. The number of fused-ring (bicyclic) bond motifs is 9. The molecule has 18 heteroatoms. The van der Waals surface area contributed by atoms with Gasteiger partial charge in [-0.05, 0) is 106 Å². The van der Waals surface area contributed by atoms with Crippen LogP contribution in [0.2, 0.25) is 0 Å². The predicted octanol–water partition coefficient (Wildman–Crippen LogP) is 10.00. The number of cyclic esters (lactones) is 3. The zero-order chi connectivity index (χ0) is 58.1. The summed E-state index contributed by atoms with van der Waals surface area (Å²) < 4.78 is 32.8. The molecule has 4 amide bonds. The third-order valence-corrected chi connectivity index (χ3v) is 18.1. The molecule has 7 heterocycles. The van der Waals surface area contributed by atoms with Gasteiger partial charge < -0.3 is 33.3 Å². The highest BCUT2D eigenvalue weighted by Crippen LogP contribution is 2.54. The molecule has 6 aliphatic heterocycles. The van der Waals surface area contributed by atoms with E-state index < -0.39 is 24.8 Å². The quantitative estimate of drug-likeness (QED) is 0.0616. The second kappa shape index (κ2) is 21.6. The number of esters is 3. The zero-order valence-electron chi connectivity index (χ0n) is 46.5. The van der Waals surface area contributed by atoms with Crippen LogP contribution >= 0.6 is 11.3 Å². The Morgan fingerprint density at radius 3 is 1.28 bits per heavy atom. The number of hydrogen-bond acceptors (Lipinski definition) is 15. The van der Waals surface area contributed by atoms with Crippen molar-refractivity contribution in [3.05, 3.63) is 217 Å². The monoisotopic (exact) mass is 1130 g/mol. The van der Waals surface area contributed by atoms with E-state index in [0.717, 1.165) is 46.4 Å². The molecule has 0 radical (unpaired) electrons. The van der Waals surface area contributed by atoms with Crippen LogP contribution in [0.3, 0.4) is 0 Å². The maximum absolute atomic E-state index is 13.4. The molecule has 4 aromatic carbocycles. The van der Waals surface area contributed by atoms with Gasteiger partial charge in [0.05, 0.1) is 53.6 Å². The predicted molar refractivity (Wildman–Crippen MR) is 302 cm³/mol. The lowest BCUT2D eigenvalue weighted by molar-refractivity contribution is -0.154. The number of hydrogen-bond donors (Lipinski definition) is 0. The third kappa shape index (κ3) is 9.34. The van der Waals surface area contributed by atoms with E-state index in [-0.39, 0.29) is 71.4 Å². The molecule has 9 aliphatic rings. The molecular formula is C65H58N4O13S. The molecule has 1 aromatic heterocycles. The summed E-state index contributed by atoms with van der Waals surface area (Å²) in [4.78, 5) is 96.0. The van der Waals surface area contributed by atoms with E-state index in [1.165, 1.54) is 58.6 Å². The van der Waals surface area contributed by atoms with E-state index in [4.69, 9.17) is 28.4 Å². The van der Waals surface area contributed by atoms with Gasteiger partial charge in [0, 0.05) is 75.4 Å². The topological polar surface area (TPSA) is 197 Å². The summed E-state index contributed by atoms with van der Waals surface area (Å²) in [7, 11) is 0. The smallest absolute Gasteiger partial charge is 0.337 e. The van der Waals surface area contributed by atoms with Crippen LogP contribution in [-0.2, 0) is 81.2 Å². The number of nitrogens with zero attached hydrogens (tertiary/aromatic N) is 4. The second-order valence-electron chi connectivity index (χ2n) is 21.8. The molecule has 83 heavy (non-hydrogen) atoms. The van der Waals surface area contributed by atoms with Gasteiger partial charge in [0.1, 0.15) is 0 Å². The summed E-state index contributed by atoms with van der Waals surface area (Å²) in [5.74, 6) is -2.14. The number of para-hydroxylation sites is 1. The Hall–Kier alpha value is -9.16. The summed E-state index contributed by atoms with van der Waals surface area (Å²) in [6, 6.07) is 33.6. The Bertz CT molecular complexity index is 3780. The molecule has 0 spiro atoms. The van der Waals surface area contributed by atoms with Gasteiger partial charge in [0.15, 0.2) is 5.13 Å². The molecule has 0 bridgehead atoms. The van der Waals surface area contributed by atoms with Crippen LogP contribution in [0.1, 0.15) is 100.0 Å². The summed E-state index contributed by atoms with van der Waals surface area (Å²) in [5.41, 5.74) is 13.2. The molecule has 0 N–H and O–H groups in total. The van der Waals surface area contributed by atoms with Crippen LogP contribution in [0.25, 0.3) is 0 Å². The minimum Gasteiger partial charge on any atom is -0.458 e. The standard InChI is InChI=1S/C24H21NO4.C21H18N2O4S.C20H19NO5/c1-14-15(2)24(29-23(14)27)28-13-20-19-12-16-8-6-7-11-18(16)21(19)25(22(20)26)17-9-4-3-5-10-17;1-11-12(2)20(27-19(11)25)26-10-16-15-9-13-5-3-4-6-14(13)17(15)23(18(16)24)21-22-7-8-28-21;1-10-11(2)20(26-19(10)24)25-9-16-15-8-13-6-4-5-7-14(13)17(15)21(12(3)22)18(16)23/h3-11,13,19,21,24H,12H2,1-2H3;3-8,10,15,17,20H,9H2,1-2H3;4-7,9,15,17,20H,8H2,1-3H3/b20-13+;16-10+;16-9+. The number of thiazole rings is 1. The molecule has 3 aliphatic carbocycles. The minimum absolute atomic E-state index is 0.00240. The zero-order valence-corrected chi connectivity index (χ0v) is 47.3. The van der Waals surface area contributed by atoms with Gasteiger partial charge in [0.2, 0.25) is 5.91 Å². The van der Waals surface area contributed by atoms with Crippen LogP contribution in [0.15, 0.2) is 184 Å². The number of anilines is 2. The third-order valence-electron chi connectivity index (χ3n) is 17.4. The van der Waals surface area contributed by atoms with Gasteiger partial charge in [0.25, 0.3) is 36.6 Å². The molecule has 3 saturated heterocycles. The average molecular weight is 1140 g/mol. The van der Waals surface area contributed by atoms with Crippen molar-refractivity contribution in [2.24, 2.45) is 17.8 Å². The van der Waals surface area contributed by atoms with Gasteiger partial charge in [-0.3, -0.25) is 29.0 Å². The maximum Gasteiger partial charge on any atom is 0.337 e. The van der Waals surface area contributed by atoms with Gasteiger partial charge in [-0.15, -0.1) is 11.3 Å². The molecular weight excluding hydrogens is 1080 g/mol. The Kier molecular flexibility index (Phi) is 14.2. The van der Waals surface area contributed by atoms with Gasteiger partial charge in [-0.25, -0.2) is 19.4 Å². The number of aromatic nitrogens is 1.